The van der Waals surface area contributed by atoms with Crippen molar-refractivity contribution in [1.29, 1.82) is 0 Å². The highest BCUT2D eigenvalue weighted by Crippen LogP contribution is 2.29. The van der Waals surface area contributed by atoms with Crippen molar-refractivity contribution in [2.45, 2.75) is 33.2 Å². The molecule has 4 aromatic rings. The van der Waals surface area contributed by atoms with Crippen LogP contribution in [-0.2, 0) is 6.54 Å². The van der Waals surface area contributed by atoms with E-state index in [1.165, 1.54) is 12.1 Å². The maximum atomic E-state index is 13.4. The summed E-state index contributed by atoms with van der Waals surface area (Å²) in [7, 11) is 0. The van der Waals surface area contributed by atoms with E-state index in [1.807, 2.05) is 13.8 Å². The molecule has 4 heterocycles. The second-order valence-corrected chi connectivity index (χ2v) is 9.13. The van der Waals surface area contributed by atoms with Crippen LogP contribution in [-0.4, -0.2) is 32.8 Å². The molecule has 1 aromatic carbocycles. The van der Waals surface area contributed by atoms with Crippen molar-refractivity contribution >= 4 is 28.5 Å². The fourth-order valence-corrected chi connectivity index (χ4v) is 4.93. The average molecular weight is 440 g/mol. The van der Waals surface area contributed by atoms with Crippen molar-refractivity contribution in [3.05, 3.63) is 57.2 Å². The molecular weight excluding hydrogens is 417 g/mol. The van der Waals surface area contributed by atoms with E-state index in [4.69, 9.17) is 4.42 Å². The second kappa shape index (κ2) is 7.88. The molecule has 0 spiro atoms. The fraction of sp³-hybridized carbons (Fsp3) is 0.364. The van der Waals surface area contributed by atoms with E-state index in [2.05, 4.69) is 20.0 Å². The Morgan fingerprint density at radius 2 is 1.97 bits per heavy atom. The lowest BCUT2D eigenvalue weighted by Crippen LogP contribution is -2.37. The Labute approximate surface area is 182 Å². The minimum absolute atomic E-state index is 0.0916. The van der Waals surface area contributed by atoms with Crippen LogP contribution in [0.1, 0.15) is 23.5 Å². The van der Waals surface area contributed by atoms with Gasteiger partial charge in [-0.2, -0.15) is 10.1 Å². The first-order valence-electron chi connectivity index (χ1n) is 10.3. The van der Waals surface area contributed by atoms with Gasteiger partial charge in [-0.25, -0.2) is 14.1 Å². The van der Waals surface area contributed by atoms with E-state index in [1.54, 1.807) is 34.2 Å². The zero-order valence-corrected chi connectivity index (χ0v) is 18.2. The van der Waals surface area contributed by atoms with Gasteiger partial charge in [0.2, 0.25) is 0 Å². The first-order chi connectivity index (χ1) is 15.0. The molecule has 5 rings (SSSR count). The Morgan fingerprint density at radius 3 is 2.71 bits per heavy atom. The SMILES string of the molecule is Cc1nc(C)c(-c2ccc(=O)n(CC3CCN(c4nc5ccc(F)cc5o4)CC3)n2)s1. The summed E-state index contributed by atoms with van der Waals surface area (Å²) < 4.78 is 20.7. The lowest BCUT2D eigenvalue weighted by molar-refractivity contribution is 0.328. The van der Waals surface area contributed by atoms with E-state index in [0.29, 0.717) is 29.6 Å². The number of piperidine rings is 1. The van der Waals surface area contributed by atoms with Gasteiger partial charge in [0.25, 0.3) is 11.6 Å². The topological polar surface area (TPSA) is 77.0 Å². The summed E-state index contributed by atoms with van der Waals surface area (Å²) in [4.78, 5) is 24.4. The molecule has 0 saturated carbocycles. The van der Waals surface area contributed by atoms with Crippen LogP contribution in [0.5, 0.6) is 0 Å². The highest BCUT2D eigenvalue weighted by atomic mass is 32.1. The van der Waals surface area contributed by atoms with Crippen molar-refractivity contribution in [3.63, 3.8) is 0 Å². The van der Waals surface area contributed by atoms with Gasteiger partial charge in [-0.05, 0) is 50.8 Å². The summed E-state index contributed by atoms with van der Waals surface area (Å²) in [6, 6.07) is 8.25. The highest BCUT2D eigenvalue weighted by Gasteiger charge is 2.24. The number of fused-ring (bicyclic) bond motifs is 1. The molecule has 31 heavy (non-hydrogen) atoms. The summed E-state index contributed by atoms with van der Waals surface area (Å²) >= 11 is 1.59. The van der Waals surface area contributed by atoms with Gasteiger partial charge in [0, 0.05) is 31.8 Å². The number of anilines is 1. The predicted octanol–water partition coefficient (Wildman–Crippen LogP) is 4.18. The molecule has 3 aromatic heterocycles. The number of hydrogen-bond donors (Lipinski definition) is 0. The molecule has 0 bridgehead atoms. The number of aromatic nitrogens is 4. The molecule has 0 unspecified atom stereocenters. The Hall–Kier alpha value is -3.07. The largest absolute Gasteiger partial charge is 0.423 e. The Kier molecular flexibility index (Phi) is 5.05. The lowest BCUT2D eigenvalue weighted by Gasteiger charge is -2.30. The van der Waals surface area contributed by atoms with Gasteiger partial charge in [-0.3, -0.25) is 4.79 Å². The molecule has 9 heteroatoms. The number of thiazole rings is 1. The molecule has 0 radical (unpaired) electrons. The number of hydrogen-bond acceptors (Lipinski definition) is 7. The van der Waals surface area contributed by atoms with Crippen LogP contribution in [0, 0.1) is 25.6 Å². The van der Waals surface area contributed by atoms with Gasteiger partial charge in [-0.1, -0.05) is 0 Å². The number of oxazole rings is 1. The number of nitrogens with zero attached hydrogens (tertiary/aromatic N) is 5. The third-order valence-electron chi connectivity index (χ3n) is 5.66. The summed E-state index contributed by atoms with van der Waals surface area (Å²) in [6.45, 7) is 6.05. The minimum atomic E-state index is -0.335. The maximum Gasteiger partial charge on any atom is 0.298 e. The molecule has 7 nitrogen and oxygen atoms in total. The van der Waals surface area contributed by atoms with Crippen molar-refractivity contribution in [2.75, 3.05) is 18.0 Å². The van der Waals surface area contributed by atoms with E-state index >= 15 is 0 Å². The zero-order valence-electron chi connectivity index (χ0n) is 17.3. The van der Waals surface area contributed by atoms with Crippen LogP contribution in [0.4, 0.5) is 10.4 Å². The number of aryl methyl sites for hydroxylation is 2. The number of benzene rings is 1. The third-order valence-corrected chi connectivity index (χ3v) is 6.75. The van der Waals surface area contributed by atoms with Gasteiger partial charge < -0.3 is 9.32 Å². The standard InChI is InChI=1S/C22H22FN5O2S/c1-13-21(31-14(2)24-13)18-5-6-20(29)28(26-18)12-15-7-9-27(10-8-15)22-25-17-4-3-16(23)11-19(17)30-22/h3-6,11,15H,7-10,12H2,1-2H3. The normalized spacial score (nSPS) is 15.1. The van der Waals surface area contributed by atoms with Crippen molar-refractivity contribution in [1.82, 2.24) is 19.7 Å². The second-order valence-electron chi connectivity index (χ2n) is 7.93. The molecule has 1 saturated heterocycles. The van der Waals surface area contributed by atoms with Crippen LogP contribution < -0.4 is 10.5 Å². The van der Waals surface area contributed by atoms with Gasteiger partial charge in [0.05, 0.1) is 15.6 Å². The highest BCUT2D eigenvalue weighted by molar-refractivity contribution is 7.15. The first-order valence-corrected chi connectivity index (χ1v) is 11.1. The van der Waals surface area contributed by atoms with E-state index < -0.39 is 0 Å². The van der Waals surface area contributed by atoms with E-state index in [9.17, 15) is 9.18 Å². The van der Waals surface area contributed by atoms with Crippen LogP contribution in [0.3, 0.4) is 0 Å². The Bertz CT molecular complexity index is 1300. The molecule has 0 amide bonds. The smallest absolute Gasteiger partial charge is 0.298 e. The van der Waals surface area contributed by atoms with Crippen LogP contribution in [0.2, 0.25) is 0 Å². The third kappa shape index (κ3) is 3.97. The molecular formula is C22H22FN5O2S. The summed E-state index contributed by atoms with van der Waals surface area (Å²) in [5.41, 5.74) is 2.74. The lowest BCUT2D eigenvalue weighted by atomic mass is 9.97. The molecule has 1 aliphatic rings. The molecule has 1 fully saturated rings. The van der Waals surface area contributed by atoms with Gasteiger partial charge in [0.15, 0.2) is 5.58 Å². The van der Waals surface area contributed by atoms with Crippen molar-refractivity contribution in [3.8, 4) is 10.6 Å². The Morgan fingerprint density at radius 1 is 1.16 bits per heavy atom. The molecule has 0 aliphatic carbocycles. The van der Waals surface area contributed by atoms with Gasteiger partial charge in [0.1, 0.15) is 17.0 Å². The van der Waals surface area contributed by atoms with Gasteiger partial charge >= 0.3 is 0 Å². The van der Waals surface area contributed by atoms with Crippen molar-refractivity contribution < 1.29 is 8.81 Å². The summed E-state index contributed by atoms with van der Waals surface area (Å²) in [5, 5.41) is 5.61. The molecule has 0 N–H and O–H groups in total. The average Bonchev–Trinajstić information content (AvgIpc) is 3.32. The Balaban J connectivity index is 1.28. The molecule has 160 valence electrons. The van der Waals surface area contributed by atoms with E-state index in [0.717, 1.165) is 47.2 Å². The van der Waals surface area contributed by atoms with Crippen molar-refractivity contribution in [2.24, 2.45) is 5.92 Å². The fourth-order valence-electron chi connectivity index (χ4n) is 4.04. The zero-order chi connectivity index (χ0) is 21.5. The first kappa shape index (κ1) is 19.9. The molecule has 0 atom stereocenters. The summed E-state index contributed by atoms with van der Waals surface area (Å²) in [6.07, 6.45) is 1.79. The predicted molar refractivity (Wildman–Crippen MR) is 118 cm³/mol. The van der Waals surface area contributed by atoms with Crippen LogP contribution in [0.25, 0.3) is 21.7 Å². The monoisotopic (exact) mass is 439 g/mol. The van der Waals surface area contributed by atoms with Crippen LogP contribution >= 0.6 is 11.3 Å². The maximum absolute atomic E-state index is 13.4. The number of halogens is 1. The van der Waals surface area contributed by atoms with E-state index in [-0.39, 0.29) is 11.4 Å². The quantitative estimate of drug-likeness (QED) is 0.475. The van der Waals surface area contributed by atoms with Gasteiger partial charge in [-0.15, -0.1) is 11.3 Å². The molecule has 1 aliphatic heterocycles. The minimum Gasteiger partial charge on any atom is -0.423 e. The number of rotatable bonds is 4. The summed E-state index contributed by atoms with van der Waals surface area (Å²) in [5.74, 6) is 0.000538. The van der Waals surface area contributed by atoms with Crippen LogP contribution in [0.15, 0.2) is 39.5 Å².